The number of piperidine rings is 1. The maximum Gasteiger partial charge on any atom is 1.00 e. The molecule has 2 atom stereocenters. The smallest absolute Gasteiger partial charge is 0.411 e. The fraction of sp³-hybridized carbons (Fsp3) is 0.875. The molecule has 1 heterocycles. The molecule has 1 aliphatic heterocycles. The normalized spacial score (nSPS) is 29.3. The van der Waals surface area contributed by atoms with Gasteiger partial charge in [-0.25, -0.2) is 0 Å². The number of rotatable bonds is 0. The first-order valence-corrected chi connectivity index (χ1v) is 4.90. The molecular weight excluding hydrogens is 197 g/mol. The van der Waals surface area contributed by atoms with E-state index in [1.807, 2.05) is 0 Å². The minimum atomic E-state index is 0. The molecule has 1 fully saturated rings. The Morgan fingerprint density at radius 2 is 2.08 bits per heavy atom. The minimum Gasteiger partial charge on any atom is -0.411 e. The first-order chi connectivity index (χ1) is 5.11. The van der Waals surface area contributed by atoms with Crippen LogP contribution in [0.2, 0.25) is 0 Å². The van der Waals surface area contributed by atoms with E-state index in [9.17, 15) is 0 Å². The molecule has 0 N–H and O–H groups in total. The fourth-order valence-corrected chi connectivity index (χ4v) is 2.22. The summed E-state index contributed by atoms with van der Waals surface area (Å²) in [4.78, 5) is 2.16. The van der Waals surface area contributed by atoms with Crippen molar-refractivity contribution in [2.45, 2.75) is 32.7 Å². The molecular formula is C8H14NNaS2. The SMILES string of the molecule is CC1CCN(C(=S)[S-])C(C)C1.[Na+]. The van der Waals surface area contributed by atoms with Crippen molar-refractivity contribution in [1.82, 2.24) is 4.90 Å². The van der Waals surface area contributed by atoms with Gasteiger partial charge in [0, 0.05) is 12.6 Å². The van der Waals surface area contributed by atoms with Crippen molar-refractivity contribution in [3.63, 3.8) is 0 Å². The monoisotopic (exact) mass is 211 g/mol. The second-order valence-corrected chi connectivity index (χ2v) is 4.47. The third-order valence-electron chi connectivity index (χ3n) is 2.37. The van der Waals surface area contributed by atoms with E-state index in [1.165, 1.54) is 12.8 Å². The molecule has 2 unspecified atom stereocenters. The topological polar surface area (TPSA) is 3.24 Å². The Morgan fingerprint density at radius 3 is 2.50 bits per heavy atom. The fourth-order valence-electron chi connectivity index (χ4n) is 1.68. The Hall–Kier alpha value is 1.11. The van der Waals surface area contributed by atoms with Crippen LogP contribution in [-0.4, -0.2) is 21.8 Å². The van der Waals surface area contributed by atoms with E-state index >= 15 is 0 Å². The van der Waals surface area contributed by atoms with Gasteiger partial charge in [0.05, 0.1) is 0 Å². The average Bonchev–Trinajstić information content (AvgIpc) is 1.85. The zero-order chi connectivity index (χ0) is 8.43. The summed E-state index contributed by atoms with van der Waals surface area (Å²) >= 11 is 9.94. The number of hydrogen-bond acceptors (Lipinski definition) is 2. The molecule has 0 spiro atoms. The maximum atomic E-state index is 4.97. The molecule has 0 saturated carbocycles. The summed E-state index contributed by atoms with van der Waals surface area (Å²) in [5.74, 6) is 0.839. The van der Waals surface area contributed by atoms with E-state index in [2.05, 4.69) is 18.7 Å². The largest absolute Gasteiger partial charge is 1.00 e. The maximum absolute atomic E-state index is 4.97. The summed E-state index contributed by atoms with van der Waals surface area (Å²) in [6.45, 7) is 5.55. The van der Waals surface area contributed by atoms with Crippen LogP contribution < -0.4 is 29.6 Å². The Labute approximate surface area is 108 Å². The quantitative estimate of drug-likeness (QED) is 0.286. The summed E-state index contributed by atoms with van der Waals surface area (Å²) in [6, 6.07) is 0.559. The number of nitrogens with zero attached hydrogens (tertiary/aromatic N) is 1. The van der Waals surface area contributed by atoms with Crippen molar-refractivity contribution in [2.24, 2.45) is 5.92 Å². The van der Waals surface area contributed by atoms with Gasteiger partial charge in [0.25, 0.3) is 0 Å². The van der Waals surface area contributed by atoms with Gasteiger partial charge in [0.15, 0.2) is 0 Å². The number of hydrogen-bond donors (Lipinski definition) is 0. The van der Waals surface area contributed by atoms with Crippen LogP contribution in [0.3, 0.4) is 0 Å². The molecule has 1 aliphatic rings. The molecule has 0 bridgehead atoms. The number of thiocarbonyl (C=S) groups is 1. The van der Waals surface area contributed by atoms with Crippen molar-refractivity contribution in [3.05, 3.63) is 0 Å². The van der Waals surface area contributed by atoms with Crippen LogP contribution in [-0.2, 0) is 12.6 Å². The molecule has 12 heavy (non-hydrogen) atoms. The molecule has 4 heteroatoms. The molecule has 0 aromatic rings. The van der Waals surface area contributed by atoms with Crippen molar-refractivity contribution in [1.29, 1.82) is 0 Å². The standard InChI is InChI=1S/C8H15NS2.Na/c1-6-3-4-9(8(10)11)7(2)5-6;/h6-7H,3-5H2,1-2H3,(H,10,11);/q;+1/p-1. The summed E-state index contributed by atoms with van der Waals surface area (Å²) in [7, 11) is 0. The second-order valence-electron chi connectivity index (χ2n) is 3.44. The Kier molecular flexibility index (Phi) is 6.29. The summed E-state index contributed by atoms with van der Waals surface area (Å²) in [5, 5.41) is 0. The van der Waals surface area contributed by atoms with Crippen LogP contribution >= 0.6 is 12.2 Å². The summed E-state index contributed by atoms with van der Waals surface area (Å²) in [5.41, 5.74) is 0. The van der Waals surface area contributed by atoms with Crippen molar-refractivity contribution in [2.75, 3.05) is 6.54 Å². The number of likely N-dealkylation sites (tertiary alicyclic amines) is 1. The third-order valence-corrected chi connectivity index (χ3v) is 2.84. The predicted octanol–water partition coefficient (Wildman–Crippen LogP) is -1.06. The van der Waals surface area contributed by atoms with Gasteiger partial charge in [0.1, 0.15) is 0 Å². The zero-order valence-corrected chi connectivity index (χ0v) is 11.7. The molecule has 0 aromatic heterocycles. The van der Waals surface area contributed by atoms with E-state index in [4.69, 9.17) is 24.8 Å². The predicted molar refractivity (Wildman–Crippen MR) is 54.5 cm³/mol. The van der Waals surface area contributed by atoms with Gasteiger partial charge in [-0.05, 0) is 25.7 Å². The first kappa shape index (κ1) is 13.1. The van der Waals surface area contributed by atoms with Gasteiger partial charge in [-0.3, -0.25) is 0 Å². The first-order valence-electron chi connectivity index (χ1n) is 4.09. The van der Waals surface area contributed by atoms with Gasteiger partial charge < -0.3 is 29.7 Å². The van der Waals surface area contributed by atoms with Crippen LogP contribution in [0.4, 0.5) is 0 Å². The molecule has 0 aliphatic carbocycles. The average molecular weight is 211 g/mol. The summed E-state index contributed by atoms with van der Waals surface area (Å²) in [6.07, 6.45) is 2.47. The van der Waals surface area contributed by atoms with Crippen molar-refractivity contribution < 1.29 is 29.6 Å². The van der Waals surface area contributed by atoms with Crippen LogP contribution in [0.15, 0.2) is 0 Å². The van der Waals surface area contributed by atoms with Crippen LogP contribution in [0.5, 0.6) is 0 Å². The van der Waals surface area contributed by atoms with Gasteiger partial charge >= 0.3 is 29.6 Å². The zero-order valence-electron chi connectivity index (χ0n) is 8.04. The minimum absolute atomic E-state index is 0. The summed E-state index contributed by atoms with van der Waals surface area (Å²) < 4.78 is 0.643. The van der Waals surface area contributed by atoms with Gasteiger partial charge in [0.2, 0.25) is 0 Å². The Bertz CT molecular complexity index is 163. The van der Waals surface area contributed by atoms with Crippen molar-refractivity contribution >= 4 is 29.2 Å². The molecule has 1 rings (SSSR count). The molecule has 0 radical (unpaired) electrons. The van der Waals surface area contributed by atoms with E-state index in [1.54, 1.807) is 0 Å². The van der Waals surface area contributed by atoms with Crippen molar-refractivity contribution in [3.8, 4) is 0 Å². The van der Waals surface area contributed by atoms with E-state index in [0.717, 1.165) is 12.5 Å². The van der Waals surface area contributed by atoms with E-state index in [-0.39, 0.29) is 29.6 Å². The second kappa shape index (κ2) is 5.76. The Morgan fingerprint density at radius 1 is 1.50 bits per heavy atom. The third kappa shape index (κ3) is 3.46. The van der Waals surface area contributed by atoms with Crippen LogP contribution in [0.1, 0.15) is 26.7 Å². The Balaban J connectivity index is 0.00000121. The molecule has 1 nitrogen and oxygen atoms in total. The van der Waals surface area contributed by atoms with Gasteiger partial charge in [-0.2, -0.15) is 0 Å². The van der Waals surface area contributed by atoms with E-state index < -0.39 is 0 Å². The molecule has 0 amide bonds. The van der Waals surface area contributed by atoms with Gasteiger partial charge in [-0.15, -0.1) is 0 Å². The van der Waals surface area contributed by atoms with Crippen LogP contribution in [0, 0.1) is 5.92 Å². The molecule has 1 saturated heterocycles. The molecule has 0 aromatic carbocycles. The van der Waals surface area contributed by atoms with E-state index in [0.29, 0.717) is 10.4 Å². The van der Waals surface area contributed by atoms with Gasteiger partial charge in [-0.1, -0.05) is 11.2 Å². The molecule has 64 valence electrons. The van der Waals surface area contributed by atoms with Crippen LogP contribution in [0.25, 0.3) is 0 Å².